The van der Waals surface area contributed by atoms with E-state index in [4.69, 9.17) is 0 Å². The molecule has 0 aromatic carbocycles. The highest BCUT2D eigenvalue weighted by Crippen LogP contribution is 2.55. The highest BCUT2D eigenvalue weighted by Gasteiger charge is 2.43. The van der Waals surface area contributed by atoms with E-state index in [1.807, 2.05) is 0 Å². The normalized spacial score (nSPS) is 44.9. The quantitative estimate of drug-likeness (QED) is 0.456. The molecule has 0 aromatic heterocycles. The lowest BCUT2D eigenvalue weighted by atomic mass is 9.75. The molecule has 0 spiro atoms. The molecule has 6 rings (SSSR count). The minimum absolute atomic E-state index is 0.561. The van der Waals surface area contributed by atoms with Gasteiger partial charge in [0.1, 0.15) is 0 Å². The molecule has 0 aromatic rings. The average Bonchev–Trinajstić information content (AvgIpc) is 3.51. The lowest BCUT2D eigenvalue weighted by molar-refractivity contribution is 0.268. The zero-order chi connectivity index (χ0) is 17.4. The van der Waals surface area contributed by atoms with E-state index in [1.165, 1.54) is 77.0 Å². The number of rotatable bonds is 2. The van der Waals surface area contributed by atoms with E-state index in [0.29, 0.717) is 5.41 Å². The van der Waals surface area contributed by atoms with E-state index in [-0.39, 0.29) is 0 Å². The van der Waals surface area contributed by atoms with E-state index in [0.717, 1.165) is 29.6 Å². The fourth-order valence-electron chi connectivity index (χ4n) is 7.01. The van der Waals surface area contributed by atoms with Gasteiger partial charge in [-0.1, -0.05) is 48.1 Å². The molecule has 2 saturated carbocycles. The van der Waals surface area contributed by atoms with Crippen molar-refractivity contribution in [3.05, 3.63) is 48.1 Å². The van der Waals surface area contributed by atoms with Crippen molar-refractivity contribution >= 4 is 0 Å². The molecule has 0 amide bonds. The molecule has 6 atom stereocenters. The van der Waals surface area contributed by atoms with Crippen LogP contribution in [0.5, 0.6) is 0 Å². The van der Waals surface area contributed by atoms with Gasteiger partial charge in [0.05, 0.1) is 0 Å². The first-order valence-electron chi connectivity index (χ1n) is 11.5. The van der Waals surface area contributed by atoms with E-state index in [2.05, 4.69) is 42.5 Å². The van der Waals surface area contributed by atoms with Crippen molar-refractivity contribution in [1.82, 2.24) is 0 Å². The Morgan fingerprint density at radius 2 is 1.88 bits per heavy atom. The first-order valence-corrected chi connectivity index (χ1v) is 11.5. The smallest absolute Gasteiger partial charge is 0.00966 e. The minimum atomic E-state index is 0.561. The van der Waals surface area contributed by atoms with Crippen LogP contribution in [0.1, 0.15) is 77.0 Å². The second kappa shape index (κ2) is 7.17. The van der Waals surface area contributed by atoms with Crippen LogP contribution in [0.25, 0.3) is 0 Å². The molecule has 2 fully saturated rings. The minimum Gasteiger partial charge on any atom is -0.0885 e. The third-order valence-electron chi connectivity index (χ3n) is 8.45. The summed E-state index contributed by atoms with van der Waals surface area (Å²) in [5.74, 6) is 4.91. The molecule has 0 nitrogen and oxygen atoms in total. The zero-order valence-electron chi connectivity index (χ0n) is 16.4. The summed E-state index contributed by atoms with van der Waals surface area (Å²) < 4.78 is 0. The van der Waals surface area contributed by atoms with Crippen LogP contribution in [-0.2, 0) is 0 Å². The van der Waals surface area contributed by atoms with Crippen molar-refractivity contribution in [3.63, 3.8) is 0 Å². The predicted molar refractivity (Wildman–Crippen MR) is 111 cm³/mol. The van der Waals surface area contributed by atoms with Crippen LogP contribution >= 0.6 is 0 Å². The van der Waals surface area contributed by atoms with Gasteiger partial charge in [-0.3, -0.25) is 0 Å². The van der Waals surface area contributed by atoms with Gasteiger partial charge in [-0.05, 0) is 107 Å². The lowest BCUT2D eigenvalue weighted by Crippen LogP contribution is -2.19. The van der Waals surface area contributed by atoms with Crippen LogP contribution in [0.2, 0.25) is 0 Å². The Labute approximate surface area is 160 Å². The van der Waals surface area contributed by atoms with Crippen LogP contribution in [0.15, 0.2) is 48.1 Å². The third kappa shape index (κ3) is 3.19. The molecule has 0 N–H and O–H groups in total. The Morgan fingerprint density at radius 3 is 2.46 bits per heavy atom. The maximum absolute atomic E-state index is 2.54. The van der Waals surface area contributed by atoms with Gasteiger partial charge >= 0.3 is 0 Å². The fraction of sp³-hybridized carbons (Fsp3) is 0.692. The van der Waals surface area contributed by atoms with Crippen molar-refractivity contribution in [1.29, 1.82) is 0 Å². The number of fused-ring (bicyclic) bond motifs is 4. The maximum Gasteiger partial charge on any atom is 0.00966 e. The van der Waals surface area contributed by atoms with Crippen molar-refractivity contribution in [3.8, 4) is 0 Å². The summed E-state index contributed by atoms with van der Waals surface area (Å²) in [7, 11) is 0. The molecule has 0 heteroatoms. The Morgan fingerprint density at radius 1 is 0.885 bits per heavy atom. The van der Waals surface area contributed by atoms with Gasteiger partial charge in [0.2, 0.25) is 0 Å². The largest absolute Gasteiger partial charge is 0.0885 e. The van der Waals surface area contributed by atoms with E-state index in [1.54, 1.807) is 5.57 Å². The summed E-state index contributed by atoms with van der Waals surface area (Å²) in [5.41, 5.74) is 2.35. The molecule has 4 bridgehead atoms. The van der Waals surface area contributed by atoms with E-state index < -0.39 is 0 Å². The summed E-state index contributed by atoms with van der Waals surface area (Å²) in [6.07, 6.45) is 34.3. The van der Waals surface area contributed by atoms with Crippen LogP contribution in [-0.4, -0.2) is 0 Å². The number of allylic oxidation sites excluding steroid dienone is 8. The van der Waals surface area contributed by atoms with E-state index >= 15 is 0 Å². The zero-order valence-corrected chi connectivity index (χ0v) is 16.4. The molecule has 140 valence electrons. The lowest BCUT2D eigenvalue weighted by Gasteiger charge is -2.29. The van der Waals surface area contributed by atoms with Crippen LogP contribution in [0.3, 0.4) is 0 Å². The van der Waals surface area contributed by atoms with Crippen molar-refractivity contribution in [2.45, 2.75) is 77.0 Å². The van der Waals surface area contributed by atoms with Crippen molar-refractivity contribution in [2.24, 2.45) is 35.0 Å². The third-order valence-corrected chi connectivity index (χ3v) is 8.45. The molecule has 6 unspecified atom stereocenters. The van der Waals surface area contributed by atoms with Gasteiger partial charge in [0.25, 0.3) is 0 Å². The summed E-state index contributed by atoms with van der Waals surface area (Å²) in [4.78, 5) is 0. The molecule has 0 saturated heterocycles. The van der Waals surface area contributed by atoms with Crippen molar-refractivity contribution < 1.29 is 0 Å². The molecule has 0 radical (unpaired) electrons. The standard InChI is InChI=1S/2C13H18/c1-2-4-12(5-3-1)13-8-6-11(10-13)7-9-13;1-2-4-11(5-3-1)13-9-10-6-7-12(13)8-10/h4,6,8,11H,1-3,5,7,9-10H2;1-2,6-7,10-13H,3-5,8-9H2. The van der Waals surface area contributed by atoms with Gasteiger partial charge in [0.15, 0.2) is 0 Å². The van der Waals surface area contributed by atoms with Crippen LogP contribution in [0, 0.1) is 35.0 Å². The Hall–Kier alpha value is -1.04. The molecular formula is C26H36. The molecule has 6 aliphatic rings. The first kappa shape index (κ1) is 17.1. The molecule has 26 heavy (non-hydrogen) atoms. The Kier molecular flexibility index (Phi) is 4.71. The van der Waals surface area contributed by atoms with Crippen LogP contribution < -0.4 is 0 Å². The second-order valence-corrected chi connectivity index (χ2v) is 9.98. The fourth-order valence-corrected chi connectivity index (χ4v) is 7.01. The van der Waals surface area contributed by atoms with Gasteiger partial charge in [-0.15, -0.1) is 0 Å². The molecule has 6 aliphatic carbocycles. The SMILES string of the molecule is C1=CC2(C3=CCCCC3)CCC1C2.C1=CCC(C2CC3C=CC2C3)CC1. The Bertz CT molecular complexity index is 632. The van der Waals surface area contributed by atoms with Gasteiger partial charge < -0.3 is 0 Å². The summed E-state index contributed by atoms with van der Waals surface area (Å²) in [6.45, 7) is 0. The Balaban J connectivity index is 0.000000115. The van der Waals surface area contributed by atoms with Crippen LogP contribution in [0.4, 0.5) is 0 Å². The van der Waals surface area contributed by atoms with E-state index in [9.17, 15) is 0 Å². The second-order valence-electron chi connectivity index (χ2n) is 9.98. The monoisotopic (exact) mass is 348 g/mol. The topological polar surface area (TPSA) is 0 Å². The number of hydrogen-bond donors (Lipinski definition) is 0. The first-order chi connectivity index (χ1) is 12.8. The van der Waals surface area contributed by atoms with Gasteiger partial charge in [-0.25, -0.2) is 0 Å². The predicted octanol–water partition coefficient (Wildman–Crippen LogP) is 7.40. The van der Waals surface area contributed by atoms with Gasteiger partial charge in [0, 0.05) is 5.41 Å². The summed E-state index contributed by atoms with van der Waals surface area (Å²) >= 11 is 0. The highest BCUT2D eigenvalue weighted by molar-refractivity contribution is 5.31. The summed E-state index contributed by atoms with van der Waals surface area (Å²) in [6, 6.07) is 0. The molecule has 0 heterocycles. The maximum atomic E-state index is 2.54. The average molecular weight is 349 g/mol. The molecular weight excluding hydrogens is 312 g/mol. The van der Waals surface area contributed by atoms with Gasteiger partial charge in [-0.2, -0.15) is 0 Å². The number of hydrogen-bond acceptors (Lipinski definition) is 0. The summed E-state index contributed by atoms with van der Waals surface area (Å²) in [5, 5.41) is 0. The highest BCUT2D eigenvalue weighted by atomic mass is 14.5. The van der Waals surface area contributed by atoms with Crippen molar-refractivity contribution in [2.75, 3.05) is 0 Å². The molecule has 0 aliphatic heterocycles.